The molecular weight excluding hydrogens is 397 g/mol. The van der Waals surface area contributed by atoms with Gasteiger partial charge in [0.15, 0.2) is 0 Å². The number of rotatable bonds is 2. The number of nitrogens with zero attached hydrogens (tertiary/aromatic N) is 1. The second-order valence-electron chi connectivity index (χ2n) is 5.07. The topological polar surface area (TPSA) is 12.4 Å². The van der Waals surface area contributed by atoms with Crippen molar-refractivity contribution in [2.24, 2.45) is 8.75 Å². The molecule has 0 saturated heterocycles. The van der Waals surface area contributed by atoms with Crippen molar-refractivity contribution in [3.63, 3.8) is 0 Å². The third-order valence-corrected chi connectivity index (χ3v) is 5.96. The second kappa shape index (κ2) is 4.51. The van der Waals surface area contributed by atoms with E-state index >= 15 is 0 Å². The van der Waals surface area contributed by atoms with E-state index in [4.69, 9.17) is 27.6 Å². The summed E-state index contributed by atoms with van der Waals surface area (Å²) in [6.45, 7) is 10.5. The van der Waals surface area contributed by atoms with Gasteiger partial charge < -0.3 is 0 Å². The van der Waals surface area contributed by atoms with Gasteiger partial charge in [-0.1, -0.05) is 0 Å². The Morgan fingerprint density at radius 1 is 1.00 bits per heavy atom. The van der Waals surface area contributed by atoms with E-state index in [2.05, 4.69) is 24.1 Å². The summed E-state index contributed by atoms with van der Waals surface area (Å²) in [7, 11) is 17.5. The predicted octanol–water partition coefficient (Wildman–Crippen LogP) is 5.00. The van der Waals surface area contributed by atoms with Crippen molar-refractivity contribution in [2.75, 3.05) is 0 Å². The van der Waals surface area contributed by atoms with E-state index in [1.54, 1.807) is 0 Å². The molecule has 1 nitrogen and oxygen atoms in total. The van der Waals surface area contributed by atoms with Crippen molar-refractivity contribution in [2.45, 2.75) is 46.6 Å². The van der Waals surface area contributed by atoms with Crippen LogP contribution < -0.4 is 0 Å². The molecule has 80 valence electrons. The van der Waals surface area contributed by atoms with Crippen molar-refractivity contribution >= 4 is 27.6 Å². The average molecular weight is 415 g/mol. The van der Waals surface area contributed by atoms with Crippen LogP contribution in [0.15, 0.2) is 3.34 Å². The zero-order valence-corrected chi connectivity index (χ0v) is 14.2. The van der Waals surface area contributed by atoms with Crippen LogP contribution in [-0.2, 0) is 13.7 Å². The van der Waals surface area contributed by atoms with Crippen molar-refractivity contribution in [3.05, 3.63) is 0 Å². The molecule has 0 fully saturated rings. The Morgan fingerprint density at radius 3 is 1.62 bits per heavy atom. The summed E-state index contributed by atoms with van der Waals surface area (Å²) in [5.41, 5.74) is 0.0115. The van der Waals surface area contributed by atoms with E-state index in [1.807, 2.05) is 13.8 Å². The van der Waals surface area contributed by atoms with E-state index in [9.17, 15) is 0 Å². The molecule has 0 aromatic heterocycles. The number of hydrogen-bond donors (Lipinski definition) is 0. The zero-order valence-electron chi connectivity index (χ0n) is 8.74. The Morgan fingerprint density at radius 2 is 1.38 bits per heavy atom. The van der Waals surface area contributed by atoms with Gasteiger partial charge >= 0.3 is 96.6 Å². The molecule has 0 spiro atoms. The van der Waals surface area contributed by atoms with Gasteiger partial charge in [-0.05, 0) is 0 Å². The van der Waals surface area contributed by atoms with Crippen LogP contribution in [0, 0.1) is 5.41 Å². The predicted molar refractivity (Wildman–Crippen MR) is 58.1 cm³/mol. The van der Waals surface area contributed by atoms with Crippen molar-refractivity contribution in [1.82, 2.24) is 0 Å². The van der Waals surface area contributed by atoms with Crippen LogP contribution in [0.3, 0.4) is 0 Å². The molecule has 0 unspecified atom stereocenters. The Hall–Kier alpha value is 1.41. The quantitative estimate of drug-likeness (QED) is 0.603. The molecule has 0 atom stereocenters. The van der Waals surface area contributed by atoms with Crippen LogP contribution in [0.25, 0.3) is 0 Å². The summed E-state index contributed by atoms with van der Waals surface area (Å²) >= 11 is -3.59. The fourth-order valence-corrected chi connectivity index (χ4v) is 9.12. The van der Waals surface area contributed by atoms with Gasteiger partial charge in [-0.3, -0.25) is 0 Å². The van der Waals surface area contributed by atoms with Gasteiger partial charge in [-0.25, -0.2) is 0 Å². The van der Waals surface area contributed by atoms with Crippen LogP contribution >= 0.6 is 27.6 Å². The molecule has 0 rings (SSSR count). The standard InChI is InChI=1S/C8H17N.3ClH.Ta/c1-7(2,3)6-8(4,5)9;;;;/h6H2,1-5H3;3*1H;/q;;;;+3/p-3. The Kier molecular flexibility index (Phi) is 4.99. The molecule has 0 radical (unpaired) electrons. The fourth-order valence-electron chi connectivity index (χ4n) is 1.64. The summed E-state index contributed by atoms with van der Waals surface area (Å²) < 4.78 is 4.34. The van der Waals surface area contributed by atoms with E-state index < -0.39 is 13.7 Å². The molecule has 0 aromatic carbocycles. The molecule has 5 heteroatoms. The van der Waals surface area contributed by atoms with Gasteiger partial charge in [-0.2, -0.15) is 0 Å². The minimum atomic E-state index is -3.59. The first kappa shape index (κ1) is 14.4. The van der Waals surface area contributed by atoms with Gasteiger partial charge in [0.1, 0.15) is 0 Å². The van der Waals surface area contributed by atoms with E-state index in [0.717, 1.165) is 6.42 Å². The maximum atomic E-state index is 5.83. The Balaban J connectivity index is 4.62. The van der Waals surface area contributed by atoms with Crippen LogP contribution in [0.5, 0.6) is 0 Å². The third-order valence-electron chi connectivity index (χ3n) is 1.35. The van der Waals surface area contributed by atoms with Crippen molar-refractivity contribution in [1.29, 1.82) is 0 Å². The molecule has 0 aliphatic heterocycles. The van der Waals surface area contributed by atoms with E-state index in [0.29, 0.717) is 0 Å². The molecule has 0 aliphatic carbocycles. The van der Waals surface area contributed by atoms with Gasteiger partial charge in [0.25, 0.3) is 0 Å². The first-order valence-corrected chi connectivity index (χ1v) is 17.5. The van der Waals surface area contributed by atoms with Gasteiger partial charge in [0.05, 0.1) is 0 Å². The SMILES string of the molecule is CC(C)(C)CC(C)(C)[N]=[Ta]([Cl])([Cl])[Cl]. The molecule has 0 aliphatic rings. The van der Waals surface area contributed by atoms with Gasteiger partial charge in [-0.15, -0.1) is 0 Å². The zero-order chi connectivity index (χ0) is 10.9. The maximum absolute atomic E-state index is 5.83. The summed E-state index contributed by atoms with van der Waals surface area (Å²) in [6.07, 6.45) is 0.937. The molecule has 13 heavy (non-hydrogen) atoms. The molecule has 0 bridgehead atoms. The van der Waals surface area contributed by atoms with E-state index in [1.165, 1.54) is 0 Å². The van der Waals surface area contributed by atoms with E-state index in [-0.39, 0.29) is 11.0 Å². The summed E-state index contributed by atoms with van der Waals surface area (Å²) in [5.74, 6) is 0. The minimum absolute atomic E-state index is 0.206. The fraction of sp³-hybridized carbons (Fsp3) is 1.00. The van der Waals surface area contributed by atoms with Crippen LogP contribution in [0.1, 0.15) is 41.0 Å². The summed E-state index contributed by atoms with van der Waals surface area (Å²) in [4.78, 5) is 0. The normalized spacial score (nSPS) is 14.5. The van der Waals surface area contributed by atoms with Crippen LogP contribution in [0.4, 0.5) is 0 Å². The second-order valence-corrected chi connectivity index (χ2v) is 25.1. The Labute approximate surface area is 96.0 Å². The molecule has 0 heterocycles. The van der Waals surface area contributed by atoms with Crippen LogP contribution in [-0.4, -0.2) is 5.54 Å². The molecule has 0 saturated carbocycles. The Bertz CT molecular complexity index is 216. The van der Waals surface area contributed by atoms with Crippen molar-refractivity contribution in [3.8, 4) is 0 Å². The summed E-state index contributed by atoms with van der Waals surface area (Å²) in [5, 5.41) is 0. The van der Waals surface area contributed by atoms with Gasteiger partial charge in [0.2, 0.25) is 0 Å². The summed E-state index contributed by atoms with van der Waals surface area (Å²) in [6, 6.07) is 0. The number of hydrogen-bond acceptors (Lipinski definition) is 1. The monoisotopic (exact) mass is 413 g/mol. The molecule has 0 amide bonds. The average Bonchev–Trinajstić information content (AvgIpc) is 1.43. The van der Waals surface area contributed by atoms with Crippen LogP contribution in [0.2, 0.25) is 0 Å². The molecular formula is C8H17Cl3NTa. The molecule has 0 N–H and O–H groups in total. The number of halogens is 3. The first-order valence-electron chi connectivity index (χ1n) is 4.14. The third kappa shape index (κ3) is 9.71. The van der Waals surface area contributed by atoms with Gasteiger partial charge in [0, 0.05) is 0 Å². The first-order chi connectivity index (χ1) is 5.41. The molecule has 0 aromatic rings. The van der Waals surface area contributed by atoms with Crippen molar-refractivity contribution < 1.29 is 13.7 Å².